The van der Waals surface area contributed by atoms with Crippen LogP contribution >= 0.6 is 0 Å². The number of rotatable bonds is 5. The molecule has 0 saturated heterocycles. The van der Waals surface area contributed by atoms with Crippen LogP contribution in [0.3, 0.4) is 0 Å². The van der Waals surface area contributed by atoms with Crippen LogP contribution in [0.1, 0.15) is 19.4 Å². The van der Waals surface area contributed by atoms with E-state index in [1.807, 2.05) is 0 Å². The summed E-state index contributed by atoms with van der Waals surface area (Å²) in [4.78, 5) is 6.40. The smallest absolute Gasteiger partial charge is 0.127 e. The molecule has 1 aromatic rings. The highest BCUT2D eigenvalue weighted by Crippen LogP contribution is 2.05. The Morgan fingerprint density at radius 1 is 1.56 bits per heavy atom. The van der Waals surface area contributed by atoms with E-state index in [-0.39, 0.29) is 0 Å². The Kier molecular flexibility index (Phi) is 4.74. The van der Waals surface area contributed by atoms with Gasteiger partial charge in [-0.1, -0.05) is 0 Å². The molecule has 1 N–H and O–H groups in total. The van der Waals surface area contributed by atoms with Gasteiger partial charge in [0.25, 0.3) is 0 Å². The fourth-order valence-electron chi connectivity index (χ4n) is 1.22. The summed E-state index contributed by atoms with van der Waals surface area (Å²) in [6.45, 7) is 6.11. The largest absolute Gasteiger partial charge is 0.369 e. The van der Waals surface area contributed by atoms with Crippen LogP contribution in [-0.4, -0.2) is 36.1 Å². The van der Waals surface area contributed by atoms with Crippen molar-refractivity contribution in [3.8, 4) is 6.07 Å². The molecule has 0 spiro atoms. The molecule has 4 heteroatoms. The number of hydrogen-bond donors (Lipinski definition) is 1. The average Bonchev–Trinajstić information content (AvgIpc) is 2.29. The summed E-state index contributed by atoms with van der Waals surface area (Å²) in [5.74, 6) is 0.760. The van der Waals surface area contributed by atoms with Crippen molar-refractivity contribution in [3.05, 3.63) is 23.9 Å². The van der Waals surface area contributed by atoms with Crippen LogP contribution in [-0.2, 0) is 0 Å². The Hall–Kier alpha value is -1.60. The molecule has 0 aliphatic heterocycles. The van der Waals surface area contributed by atoms with Crippen LogP contribution in [0, 0.1) is 11.3 Å². The van der Waals surface area contributed by atoms with Gasteiger partial charge < -0.3 is 10.2 Å². The number of anilines is 1. The molecule has 0 aromatic carbocycles. The first kappa shape index (κ1) is 12.5. The fourth-order valence-corrected chi connectivity index (χ4v) is 1.22. The van der Waals surface area contributed by atoms with E-state index in [2.05, 4.69) is 42.2 Å². The van der Waals surface area contributed by atoms with Crippen molar-refractivity contribution in [2.45, 2.75) is 19.9 Å². The van der Waals surface area contributed by atoms with Gasteiger partial charge in [-0.25, -0.2) is 4.98 Å². The molecule has 0 aliphatic rings. The van der Waals surface area contributed by atoms with E-state index in [1.165, 1.54) is 0 Å². The highest BCUT2D eigenvalue weighted by Gasteiger charge is 2.02. The molecule has 86 valence electrons. The predicted molar refractivity (Wildman–Crippen MR) is 65.2 cm³/mol. The van der Waals surface area contributed by atoms with Gasteiger partial charge in [0, 0.05) is 25.3 Å². The quantitative estimate of drug-likeness (QED) is 0.817. The first-order chi connectivity index (χ1) is 7.63. The van der Waals surface area contributed by atoms with Gasteiger partial charge in [-0.3, -0.25) is 0 Å². The van der Waals surface area contributed by atoms with Crippen molar-refractivity contribution in [1.82, 2.24) is 9.88 Å². The van der Waals surface area contributed by atoms with E-state index in [0.717, 1.165) is 18.9 Å². The molecule has 0 bridgehead atoms. The van der Waals surface area contributed by atoms with Crippen LogP contribution in [0.2, 0.25) is 0 Å². The normalized spacial score (nSPS) is 10.5. The zero-order chi connectivity index (χ0) is 12.0. The Morgan fingerprint density at radius 3 is 2.94 bits per heavy atom. The topological polar surface area (TPSA) is 52.0 Å². The Balaban J connectivity index is 2.40. The molecule has 0 unspecified atom stereocenters. The molecule has 0 atom stereocenters. The second-order valence-corrected chi connectivity index (χ2v) is 4.04. The lowest BCUT2D eigenvalue weighted by molar-refractivity contribution is 0.284. The highest BCUT2D eigenvalue weighted by atomic mass is 15.1. The van der Waals surface area contributed by atoms with Crippen molar-refractivity contribution >= 4 is 5.82 Å². The lowest BCUT2D eigenvalue weighted by Crippen LogP contribution is -2.31. The monoisotopic (exact) mass is 218 g/mol. The van der Waals surface area contributed by atoms with E-state index in [0.29, 0.717) is 11.6 Å². The molecule has 0 aliphatic carbocycles. The molecule has 0 saturated carbocycles. The summed E-state index contributed by atoms with van der Waals surface area (Å²) in [5, 5.41) is 11.9. The molecule has 0 amide bonds. The van der Waals surface area contributed by atoms with E-state index in [4.69, 9.17) is 5.26 Å². The van der Waals surface area contributed by atoms with Crippen LogP contribution in [0.25, 0.3) is 0 Å². The molecular weight excluding hydrogens is 200 g/mol. The summed E-state index contributed by atoms with van der Waals surface area (Å²) < 4.78 is 0. The third-order valence-electron chi connectivity index (χ3n) is 2.54. The summed E-state index contributed by atoms with van der Waals surface area (Å²) in [6.07, 6.45) is 1.65. The van der Waals surface area contributed by atoms with Crippen LogP contribution in [0.15, 0.2) is 18.3 Å². The van der Waals surface area contributed by atoms with Crippen molar-refractivity contribution in [3.63, 3.8) is 0 Å². The van der Waals surface area contributed by atoms with Crippen LogP contribution < -0.4 is 5.32 Å². The number of nitrogens with zero attached hydrogens (tertiary/aromatic N) is 3. The molecular formula is C12H18N4. The number of nitriles is 1. The molecule has 16 heavy (non-hydrogen) atoms. The zero-order valence-electron chi connectivity index (χ0n) is 10.1. The zero-order valence-corrected chi connectivity index (χ0v) is 10.1. The Bertz CT molecular complexity index is 368. The Labute approximate surface area is 96.9 Å². The second-order valence-electron chi connectivity index (χ2n) is 4.04. The SMILES string of the molecule is CC(C)N(C)CCNc1cc(C#N)ccn1. The lowest BCUT2D eigenvalue weighted by Gasteiger charge is -2.20. The van der Waals surface area contributed by atoms with Gasteiger partial charge in [0.2, 0.25) is 0 Å². The summed E-state index contributed by atoms with van der Waals surface area (Å²) >= 11 is 0. The van der Waals surface area contributed by atoms with E-state index in [1.54, 1.807) is 18.3 Å². The van der Waals surface area contributed by atoms with Crippen molar-refractivity contribution in [2.24, 2.45) is 0 Å². The van der Waals surface area contributed by atoms with E-state index in [9.17, 15) is 0 Å². The summed E-state index contributed by atoms with van der Waals surface area (Å²) in [5.41, 5.74) is 0.634. The van der Waals surface area contributed by atoms with E-state index < -0.39 is 0 Å². The lowest BCUT2D eigenvalue weighted by atomic mass is 10.3. The van der Waals surface area contributed by atoms with Gasteiger partial charge in [-0.15, -0.1) is 0 Å². The molecule has 4 nitrogen and oxygen atoms in total. The molecule has 0 radical (unpaired) electrons. The van der Waals surface area contributed by atoms with Gasteiger partial charge in [-0.2, -0.15) is 5.26 Å². The van der Waals surface area contributed by atoms with Gasteiger partial charge in [0.1, 0.15) is 5.82 Å². The van der Waals surface area contributed by atoms with Gasteiger partial charge in [0.15, 0.2) is 0 Å². The third-order valence-corrected chi connectivity index (χ3v) is 2.54. The van der Waals surface area contributed by atoms with E-state index >= 15 is 0 Å². The summed E-state index contributed by atoms with van der Waals surface area (Å²) in [7, 11) is 2.09. The molecule has 1 heterocycles. The number of aromatic nitrogens is 1. The minimum Gasteiger partial charge on any atom is -0.369 e. The summed E-state index contributed by atoms with van der Waals surface area (Å²) in [6, 6.07) is 6.10. The molecule has 1 aromatic heterocycles. The van der Waals surface area contributed by atoms with Gasteiger partial charge >= 0.3 is 0 Å². The molecule has 1 rings (SSSR count). The van der Waals surface area contributed by atoms with Gasteiger partial charge in [-0.05, 0) is 33.0 Å². The number of nitrogens with one attached hydrogen (secondary N) is 1. The van der Waals surface area contributed by atoms with Crippen molar-refractivity contribution < 1.29 is 0 Å². The maximum atomic E-state index is 8.73. The Morgan fingerprint density at radius 2 is 2.31 bits per heavy atom. The highest BCUT2D eigenvalue weighted by molar-refractivity contribution is 5.42. The minimum atomic E-state index is 0.542. The van der Waals surface area contributed by atoms with Crippen molar-refractivity contribution in [1.29, 1.82) is 5.26 Å². The number of hydrogen-bond acceptors (Lipinski definition) is 4. The van der Waals surface area contributed by atoms with Crippen LogP contribution in [0.4, 0.5) is 5.82 Å². The van der Waals surface area contributed by atoms with Crippen molar-refractivity contribution in [2.75, 3.05) is 25.5 Å². The standard InChI is InChI=1S/C12H18N4/c1-10(2)16(3)7-6-15-12-8-11(9-13)4-5-14-12/h4-5,8,10H,6-7H2,1-3H3,(H,14,15). The van der Waals surface area contributed by atoms with Gasteiger partial charge in [0.05, 0.1) is 11.6 Å². The number of likely N-dealkylation sites (N-methyl/N-ethyl adjacent to an activating group) is 1. The third kappa shape index (κ3) is 3.87. The minimum absolute atomic E-state index is 0.542. The average molecular weight is 218 g/mol. The number of pyridine rings is 1. The first-order valence-electron chi connectivity index (χ1n) is 5.43. The molecule has 0 fully saturated rings. The fraction of sp³-hybridized carbons (Fsp3) is 0.500. The maximum Gasteiger partial charge on any atom is 0.127 e. The second kappa shape index (κ2) is 6.09. The van der Waals surface area contributed by atoms with Crippen LogP contribution in [0.5, 0.6) is 0 Å². The first-order valence-corrected chi connectivity index (χ1v) is 5.43. The maximum absolute atomic E-state index is 8.73. The predicted octanol–water partition coefficient (Wildman–Crippen LogP) is 1.71.